The van der Waals surface area contributed by atoms with Gasteiger partial charge in [0.25, 0.3) is 0 Å². The van der Waals surface area contributed by atoms with Gasteiger partial charge in [0.15, 0.2) is 6.10 Å². The lowest BCUT2D eigenvalue weighted by atomic mass is 10.2. The number of nitrogens with one attached hydrogen (secondary N) is 1. The Kier molecular flexibility index (Phi) is 3.97. The summed E-state index contributed by atoms with van der Waals surface area (Å²) >= 11 is 6.00. The maximum Gasteiger partial charge on any atom is 0.155 e. The van der Waals surface area contributed by atoms with Crippen molar-refractivity contribution in [3.8, 4) is 5.75 Å². The standard InChI is InChI=1S/C11H15ClN2O/c1-3-9(11(13)14)15-10-5-4-7(2)6-8(10)12/h4-6,9H,3H2,1-2H3,(H3,13,14). The van der Waals surface area contributed by atoms with Crippen LogP contribution in [-0.2, 0) is 0 Å². The van der Waals surface area contributed by atoms with Gasteiger partial charge in [-0.2, -0.15) is 0 Å². The zero-order valence-corrected chi connectivity index (χ0v) is 9.64. The van der Waals surface area contributed by atoms with Crippen molar-refractivity contribution in [1.82, 2.24) is 0 Å². The molecule has 0 aliphatic rings. The van der Waals surface area contributed by atoms with Crippen LogP contribution in [0, 0.1) is 12.3 Å². The fraction of sp³-hybridized carbons (Fsp3) is 0.364. The zero-order valence-electron chi connectivity index (χ0n) is 8.88. The zero-order chi connectivity index (χ0) is 11.4. The van der Waals surface area contributed by atoms with E-state index in [1.807, 2.05) is 26.0 Å². The second-order valence-electron chi connectivity index (χ2n) is 3.40. The van der Waals surface area contributed by atoms with E-state index in [1.54, 1.807) is 6.07 Å². The van der Waals surface area contributed by atoms with Crippen LogP contribution in [0.3, 0.4) is 0 Å². The maximum atomic E-state index is 7.32. The van der Waals surface area contributed by atoms with Crippen LogP contribution in [0.1, 0.15) is 18.9 Å². The molecule has 0 heterocycles. The van der Waals surface area contributed by atoms with E-state index >= 15 is 0 Å². The van der Waals surface area contributed by atoms with Crippen molar-refractivity contribution in [3.05, 3.63) is 28.8 Å². The van der Waals surface area contributed by atoms with Crippen LogP contribution in [-0.4, -0.2) is 11.9 Å². The number of ether oxygens (including phenoxy) is 1. The Hall–Kier alpha value is -1.22. The van der Waals surface area contributed by atoms with Crippen LogP contribution in [0.4, 0.5) is 0 Å². The molecule has 1 unspecified atom stereocenters. The normalized spacial score (nSPS) is 12.2. The number of benzene rings is 1. The Bertz CT molecular complexity index is 366. The van der Waals surface area contributed by atoms with E-state index < -0.39 is 6.10 Å². The molecule has 0 aromatic heterocycles. The van der Waals surface area contributed by atoms with Gasteiger partial charge >= 0.3 is 0 Å². The van der Waals surface area contributed by atoms with Crippen molar-refractivity contribution < 1.29 is 4.74 Å². The SMILES string of the molecule is CCC(Oc1ccc(C)cc1Cl)C(=N)N. The van der Waals surface area contributed by atoms with Crippen LogP contribution in [0.25, 0.3) is 0 Å². The van der Waals surface area contributed by atoms with Crippen molar-refractivity contribution in [1.29, 1.82) is 5.41 Å². The molecule has 0 radical (unpaired) electrons. The lowest BCUT2D eigenvalue weighted by Gasteiger charge is -2.16. The Morgan fingerprint density at radius 3 is 2.73 bits per heavy atom. The molecule has 0 amide bonds. The quantitative estimate of drug-likeness (QED) is 0.613. The summed E-state index contributed by atoms with van der Waals surface area (Å²) < 4.78 is 5.53. The second-order valence-corrected chi connectivity index (χ2v) is 3.81. The minimum absolute atomic E-state index is 0.0224. The minimum Gasteiger partial charge on any atom is -0.481 e. The predicted octanol–water partition coefficient (Wildman–Crippen LogP) is 2.74. The topological polar surface area (TPSA) is 59.1 Å². The lowest BCUT2D eigenvalue weighted by Crippen LogP contribution is -2.32. The highest BCUT2D eigenvalue weighted by Gasteiger charge is 2.13. The van der Waals surface area contributed by atoms with Crippen LogP contribution < -0.4 is 10.5 Å². The van der Waals surface area contributed by atoms with Crippen molar-refractivity contribution >= 4 is 17.4 Å². The molecule has 0 saturated carbocycles. The molecule has 0 saturated heterocycles. The molecule has 1 aromatic rings. The molecule has 1 aromatic carbocycles. The monoisotopic (exact) mass is 226 g/mol. The van der Waals surface area contributed by atoms with Crippen molar-refractivity contribution in [2.45, 2.75) is 26.4 Å². The third kappa shape index (κ3) is 3.13. The molecule has 3 nitrogen and oxygen atoms in total. The molecule has 82 valence electrons. The van der Waals surface area contributed by atoms with Gasteiger partial charge < -0.3 is 10.5 Å². The molecule has 1 atom stereocenters. The Morgan fingerprint density at radius 2 is 2.27 bits per heavy atom. The van der Waals surface area contributed by atoms with Crippen LogP contribution in [0.15, 0.2) is 18.2 Å². The first-order valence-electron chi connectivity index (χ1n) is 4.81. The molecule has 1 rings (SSSR count). The van der Waals surface area contributed by atoms with Gasteiger partial charge in [-0.25, -0.2) is 0 Å². The average molecular weight is 227 g/mol. The third-order valence-corrected chi connectivity index (χ3v) is 2.37. The van der Waals surface area contributed by atoms with Crippen molar-refractivity contribution in [3.63, 3.8) is 0 Å². The molecule has 0 fully saturated rings. The third-order valence-electron chi connectivity index (χ3n) is 2.07. The number of aryl methyl sites for hydroxylation is 1. The fourth-order valence-electron chi connectivity index (χ4n) is 1.22. The first-order valence-corrected chi connectivity index (χ1v) is 5.19. The number of rotatable bonds is 4. The van der Waals surface area contributed by atoms with E-state index in [0.717, 1.165) is 5.56 Å². The number of halogens is 1. The number of nitrogens with two attached hydrogens (primary N) is 1. The molecular formula is C11H15ClN2O. The highest BCUT2D eigenvalue weighted by molar-refractivity contribution is 6.32. The second kappa shape index (κ2) is 5.03. The summed E-state index contributed by atoms with van der Waals surface area (Å²) in [6.07, 6.45) is 0.254. The van der Waals surface area contributed by atoms with E-state index in [2.05, 4.69) is 0 Å². The van der Waals surface area contributed by atoms with E-state index in [9.17, 15) is 0 Å². The van der Waals surface area contributed by atoms with E-state index in [-0.39, 0.29) is 5.84 Å². The summed E-state index contributed by atoms with van der Waals surface area (Å²) in [7, 11) is 0. The minimum atomic E-state index is -0.398. The van der Waals surface area contributed by atoms with Gasteiger partial charge in [-0.05, 0) is 31.0 Å². The molecule has 15 heavy (non-hydrogen) atoms. The average Bonchev–Trinajstić information content (AvgIpc) is 2.16. The first-order chi connectivity index (χ1) is 7.04. The summed E-state index contributed by atoms with van der Waals surface area (Å²) in [4.78, 5) is 0. The van der Waals surface area contributed by atoms with E-state index in [4.69, 9.17) is 27.5 Å². The van der Waals surface area contributed by atoms with Gasteiger partial charge in [0.2, 0.25) is 0 Å². The Balaban J connectivity index is 2.84. The van der Waals surface area contributed by atoms with Crippen molar-refractivity contribution in [2.75, 3.05) is 0 Å². The van der Waals surface area contributed by atoms with Crippen molar-refractivity contribution in [2.24, 2.45) is 5.73 Å². The Labute approximate surface area is 94.7 Å². The lowest BCUT2D eigenvalue weighted by molar-refractivity contribution is 0.260. The van der Waals surface area contributed by atoms with Gasteiger partial charge in [0, 0.05) is 0 Å². The maximum absolute atomic E-state index is 7.32. The van der Waals surface area contributed by atoms with Crippen LogP contribution in [0.5, 0.6) is 5.75 Å². The molecule has 4 heteroatoms. The van der Waals surface area contributed by atoms with Gasteiger partial charge in [-0.15, -0.1) is 0 Å². The van der Waals surface area contributed by atoms with Crippen LogP contribution in [0.2, 0.25) is 5.02 Å². The van der Waals surface area contributed by atoms with Crippen LogP contribution >= 0.6 is 11.6 Å². The summed E-state index contributed by atoms with van der Waals surface area (Å²) in [6.45, 7) is 3.87. The molecule has 3 N–H and O–H groups in total. The van der Waals surface area contributed by atoms with E-state index in [0.29, 0.717) is 17.2 Å². The summed E-state index contributed by atoms with van der Waals surface area (Å²) in [6, 6.07) is 5.53. The molecular weight excluding hydrogens is 212 g/mol. The smallest absolute Gasteiger partial charge is 0.155 e. The van der Waals surface area contributed by atoms with Gasteiger partial charge in [-0.3, -0.25) is 5.41 Å². The van der Waals surface area contributed by atoms with Gasteiger partial charge in [0.05, 0.1) is 5.02 Å². The summed E-state index contributed by atoms with van der Waals surface area (Å²) in [5, 5.41) is 7.87. The predicted molar refractivity (Wildman–Crippen MR) is 62.8 cm³/mol. The Morgan fingerprint density at radius 1 is 1.60 bits per heavy atom. The molecule has 0 aliphatic heterocycles. The summed E-state index contributed by atoms with van der Waals surface area (Å²) in [5.74, 6) is 0.596. The summed E-state index contributed by atoms with van der Waals surface area (Å²) in [5.41, 5.74) is 6.46. The highest BCUT2D eigenvalue weighted by Crippen LogP contribution is 2.26. The largest absolute Gasteiger partial charge is 0.481 e. The number of amidine groups is 1. The van der Waals surface area contributed by atoms with Gasteiger partial charge in [-0.1, -0.05) is 24.6 Å². The molecule has 0 aliphatic carbocycles. The molecule has 0 bridgehead atoms. The van der Waals surface area contributed by atoms with E-state index in [1.165, 1.54) is 0 Å². The van der Waals surface area contributed by atoms with Gasteiger partial charge in [0.1, 0.15) is 11.6 Å². The highest BCUT2D eigenvalue weighted by atomic mass is 35.5. The fourth-order valence-corrected chi connectivity index (χ4v) is 1.50. The number of hydrogen-bond acceptors (Lipinski definition) is 2. The molecule has 0 spiro atoms. The first kappa shape index (κ1) is 11.9. The number of hydrogen-bond donors (Lipinski definition) is 2.